The summed E-state index contributed by atoms with van der Waals surface area (Å²) in [7, 11) is 0. The lowest BCUT2D eigenvalue weighted by atomic mass is 9.57. The molecule has 1 saturated carbocycles. The molecule has 1 aliphatic heterocycles. The molecular weight excluding hydrogens is 310 g/mol. The van der Waals surface area contributed by atoms with Crippen LogP contribution in [0.3, 0.4) is 0 Å². The van der Waals surface area contributed by atoms with Crippen LogP contribution in [-0.4, -0.2) is 49.6 Å². The zero-order valence-corrected chi connectivity index (χ0v) is 17.1. The lowest BCUT2D eigenvalue weighted by Crippen LogP contribution is -2.64. The largest absolute Gasteiger partial charge is 0.356 e. The maximum absolute atomic E-state index is 12.2. The molecule has 150 valence electrons. The number of nitrogens with one attached hydrogen (secondary N) is 2. The van der Waals surface area contributed by atoms with Gasteiger partial charge in [0.1, 0.15) is 0 Å². The minimum absolute atomic E-state index is 0. The Balaban J connectivity index is 0.00000338. The van der Waals surface area contributed by atoms with Crippen LogP contribution in [0.1, 0.15) is 75.5 Å². The molecule has 1 spiro atoms. The highest BCUT2D eigenvalue weighted by Gasteiger charge is 2.53. The Labute approximate surface area is 158 Å². The van der Waals surface area contributed by atoms with E-state index < -0.39 is 0 Å². The summed E-state index contributed by atoms with van der Waals surface area (Å²) in [5.41, 5.74) is 0.501. The molecular formula is C21H45N3O. The average molecular weight is 356 g/mol. The summed E-state index contributed by atoms with van der Waals surface area (Å²) in [5, 5.41) is 6.62. The van der Waals surface area contributed by atoms with Crippen LogP contribution in [0, 0.1) is 17.3 Å². The molecule has 1 heterocycles. The molecule has 0 unspecified atom stereocenters. The predicted octanol–water partition coefficient (Wildman–Crippen LogP) is 3.91. The zero-order chi connectivity index (χ0) is 18.3. The van der Waals surface area contributed by atoms with Gasteiger partial charge in [-0.15, -0.1) is 0 Å². The summed E-state index contributed by atoms with van der Waals surface area (Å²) in [5.74, 6) is 1.36. The van der Waals surface area contributed by atoms with Gasteiger partial charge in [-0.1, -0.05) is 47.0 Å². The second-order valence-electron chi connectivity index (χ2n) is 9.34. The molecule has 25 heavy (non-hydrogen) atoms. The van der Waals surface area contributed by atoms with Crippen molar-refractivity contribution in [3.05, 3.63) is 0 Å². The molecule has 0 radical (unpaired) electrons. The number of amides is 1. The third-order valence-corrected chi connectivity index (χ3v) is 5.68. The van der Waals surface area contributed by atoms with Crippen molar-refractivity contribution in [1.82, 2.24) is 15.5 Å². The van der Waals surface area contributed by atoms with Gasteiger partial charge in [-0.05, 0) is 43.6 Å². The highest BCUT2D eigenvalue weighted by molar-refractivity contribution is 5.79. The Kier molecular flexibility index (Phi) is 8.21. The summed E-state index contributed by atoms with van der Waals surface area (Å²) in [6, 6.07) is 0.596. The molecule has 1 saturated heterocycles. The number of nitrogens with zero attached hydrogens (tertiary/aromatic N) is 1. The fourth-order valence-electron chi connectivity index (χ4n) is 4.50. The van der Waals surface area contributed by atoms with Crippen molar-refractivity contribution >= 4 is 5.91 Å². The summed E-state index contributed by atoms with van der Waals surface area (Å²) < 4.78 is 0. The average Bonchev–Trinajstić information content (AvgIpc) is 2.45. The second-order valence-corrected chi connectivity index (χ2v) is 9.34. The first-order valence-corrected chi connectivity index (χ1v) is 10.6. The summed E-state index contributed by atoms with van der Waals surface area (Å²) >= 11 is 0. The molecule has 2 fully saturated rings. The Morgan fingerprint density at radius 2 is 1.64 bits per heavy atom. The predicted molar refractivity (Wildman–Crippen MR) is 110 cm³/mol. The van der Waals surface area contributed by atoms with Crippen LogP contribution in [0.4, 0.5) is 0 Å². The van der Waals surface area contributed by atoms with Crippen molar-refractivity contribution in [3.8, 4) is 0 Å². The van der Waals surface area contributed by atoms with Gasteiger partial charge in [-0.3, -0.25) is 4.79 Å². The first kappa shape index (κ1) is 20.7. The lowest BCUT2D eigenvalue weighted by molar-refractivity contribution is -0.145. The third kappa shape index (κ3) is 6.90. The number of carbonyl (C=O) groups excluding carboxylic acids is 1. The quantitative estimate of drug-likeness (QED) is 0.522. The molecule has 4 nitrogen and oxygen atoms in total. The SMILES string of the molecule is CC(C)CN1CC2(CC(C(=O)NCCCCCCCNC(C)C)C2)C1.[HH].[HH]. The van der Waals surface area contributed by atoms with E-state index >= 15 is 0 Å². The molecule has 0 aromatic heterocycles. The van der Waals surface area contributed by atoms with E-state index in [1.54, 1.807) is 0 Å². The van der Waals surface area contributed by atoms with Crippen LogP contribution in [0.2, 0.25) is 0 Å². The molecule has 0 atom stereocenters. The van der Waals surface area contributed by atoms with Crippen LogP contribution >= 0.6 is 0 Å². The van der Waals surface area contributed by atoms with E-state index in [9.17, 15) is 4.79 Å². The number of unbranched alkanes of at least 4 members (excludes halogenated alkanes) is 4. The van der Waals surface area contributed by atoms with E-state index in [-0.39, 0.29) is 2.85 Å². The molecule has 1 aliphatic carbocycles. The number of likely N-dealkylation sites (tertiary alicyclic amines) is 1. The molecule has 0 aromatic rings. The lowest BCUT2D eigenvalue weighted by Gasteiger charge is -2.59. The van der Waals surface area contributed by atoms with Gasteiger partial charge in [0.05, 0.1) is 0 Å². The Hall–Kier alpha value is -0.610. The Morgan fingerprint density at radius 3 is 2.24 bits per heavy atom. The number of hydrogen-bond acceptors (Lipinski definition) is 3. The molecule has 2 aliphatic rings. The van der Waals surface area contributed by atoms with Gasteiger partial charge in [0.2, 0.25) is 5.91 Å². The summed E-state index contributed by atoms with van der Waals surface area (Å²) in [6.45, 7) is 14.6. The van der Waals surface area contributed by atoms with Crippen molar-refractivity contribution in [2.45, 2.75) is 78.7 Å². The molecule has 4 heteroatoms. The highest BCUT2D eigenvalue weighted by Crippen LogP contribution is 2.51. The third-order valence-electron chi connectivity index (χ3n) is 5.68. The van der Waals surface area contributed by atoms with Crippen molar-refractivity contribution in [2.75, 3.05) is 32.7 Å². The van der Waals surface area contributed by atoms with Gasteiger partial charge in [-0.25, -0.2) is 0 Å². The van der Waals surface area contributed by atoms with E-state index in [4.69, 9.17) is 0 Å². The molecule has 2 rings (SSSR count). The number of hydrogen-bond donors (Lipinski definition) is 2. The monoisotopic (exact) mass is 355 g/mol. The Morgan fingerprint density at radius 1 is 1.04 bits per heavy atom. The van der Waals surface area contributed by atoms with E-state index in [0.717, 1.165) is 38.3 Å². The van der Waals surface area contributed by atoms with Crippen molar-refractivity contribution in [3.63, 3.8) is 0 Å². The van der Waals surface area contributed by atoms with E-state index in [1.807, 2.05) is 0 Å². The minimum atomic E-state index is 0. The fraction of sp³-hybridized carbons (Fsp3) is 0.952. The molecule has 2 N–H and O–H groups in total. The highest BCUT2D eigenvalue weighted by atomic mass is 16.1. The fourth-order valence-corrected chi connectivity index (χ4v) is 4.50. The van der Waals surface area contributed by atoms with Gasteiger partial charge in [0, 0.05) is 41.0 Å². The zero-order valence-electron chi connectivity index (χ0n) is 17.1. The molecule has 0 aromatic carbocycles. The van der Waals surface area contributed by atoms with Gasteiger partial charge in [0.15, 0.2) is 0 Å². The maximum Gasteiger partial charge on any atom is 0.223 e. The number of carbonyl (C=O) groups is 1. The maximum atomic E-state index is 12.2. The molecule has 1 amide bonds. The van der Waals surface area contributed by atoms with Gasteiger partial charge in [0.25, 0.3) is 0 Å². The normalized spacial score (nSPS) is 20.1. The van der Waals surface area contributed by atoms with Crippen LogP contribution in [0.25, 0.3) is 0 Å². The second kappa shape index (κ2) is 9.91. The van der Waals surface area contributed by atoms with Crippen LogP contribution in [-0.2, 0) is 4.79 Å². The van der Waals surface area contributed by atoms with Crippen molar-refractivity contribution in [2.24, 2.45) is 17.3 Å². The smallest absolute Gasteiger partial charge is 0.223 e. The van der Waals surface area contributed by atoms with Gasteiger partial charge in [-0.2, -0.15) is 0 Å². The van der Waals surface area contributed by atoms with Crippen molar-refractivity contribution in [1.29, 1.82) is 0 Å². The van der Waals surface area contributed by atoms with Gasteiger partial charge < -0.3 is 15.5 Å². The summed E-state index contributed by atoms with van der Waals surface area (Å²) in [4.78, 5) is 14.8. The number of rotatable bonds is 12. The first-order chi connectivity index (χ1) is 11.9. The minimum Gasteiger partial charge on any atom is -0.356 e. The van der Waals surface area contributed by atoms with E-state index in [2.05, 4.69) is 43.2 Å². The van der Waals surface area contributed by atoms with E-state index in [0.29, 0.717) is 23.3 Å². The summed E-state index contributed by atoms with van der Waals surface area (Å²) in [6.07, 6.45) is 8.46. The Bertz CT molecular complexity index is 404. The van der Waals surface area contributed by atoms with Gasteiger partial charge >= 0.3 is 0 Å². The van der Waals surface area contributed by atoms with E-state index in [1.165, 1.54) is 45.3 Å². The van der Waals surface area contributed by atoms with Crippen molar-refractivity contribution < 1.29 is 7.65 Å². The van der Waals surface area contributed by atoms with Crippen LogP contribution in [0.5, 0.6) is 0 Å². The van der Waals surface area contributed by atoms with Crippen LogP contribution < -0.4 is 10.6 Å². The standard InChI is InChI=1S/C21H41N3O.2H2/c1-17(2)14-24-15-21(16-24)12-19(13-21)20(25)23-11-9-7-5-6-8-10-22-18(3)4;;/h17-19,22H,5-16H2,1-4H3,(H,23,25);2*1H. The molecule has 0 bridgehead atoms. The topological polar surface area (TPSA) is 44.4 Å². The first-order valence-electron chi connectivity index (χ1n) is 10.6. The van der Waals surface area contributed by atoms with Crippen LogP contribution in [0.15, 0.2) is 0 Å².